The van der Waals surface area contributed by atoms with E-state index in [2.05, 4.69) is 9.72 Å². The average Bonchev–Trinajstić information content (AvgIpc) is 2.94. The summed E-state index contributed by atoms with van der Waals surface area (Å²) in [5, 5.41) is 0.790. The Balaban J connectivity index is 2.14. The maximum Gasteiger partial charge on any atom is 0.340 e. The lowest BCUT2D eigenvalue weighted by Gasteiger charge is -2.05. The number of benzene rings is 1. The smallest absolute Gasteiger partial charge is 0.340 e. The zero-order chi connectivity index (χ0) is 14.1. The summed E-state index contributed by atoms with van der Waals surface area (Å²) in [5.74, 6) is -1.35. The van der Waals surface area contributed by atoms with E-state index in [0.29, 0.717) is 16.8 Å². The van der Waals surface area contributed by atoms with Crippen LogP contribution in [0, 0.1) is 5.82 Å². The van der Waals surface area contributed by atoms with Gasteiger partial charge in [0.05, 0.1) is 24.6 Å². The molecule has 100 valence electrons. The monoisotopic (exact) mass is 271 g/mol. The first-order valence-corrected chi connectivity index (χ1v) is 5.91. The molecule has 0 bridgehead atoms. The van der Waals surface area contributed by atoms with Gasteiger partial charge in [-0.2, -0.15) is 0 Å². The van der Waals surface area contributed by atoms with Crippen molar-refractivity contribution in [2.24, 2.45) is 0 Å². The van der Waals surface area contributed by atoms with Crippen LogP contribution in [0.15, 0.2) is 47.2 Å². The quantitative estimate of drug-likeness (QED) is 0.670. The third kappa shape index (κ3) is 1.93. The van der Waals surface area contributed by atoms with E-state index in [-0.39, 0.29) is 5.56 Å². The van der Waals surface area contributed by atoms with Crippen LogP contribution in [-0.2, 0) is 4.74 Å². The molecule has 0 aliphatic heterocycles. The Morgan fingerprint density at radius 2 is 2.15 bits per heavy atom. The summed E-state index contributed by atoms with van der Waals surface area (Å²) in [7, 11) is 1.21. The van der Waals surface area contributed by atoms with E-state index in [4.69, 9.17) is 4.42 Å². The molecule has 0 saturated heterocycles. The van der Waals surface area contributed by atoms with Gasteiger partial charge in [0.2, 0.25) is 0 Å². The fraction of sp³-hybridized carbons (Fsp3) is 0.0667. The number of hydrogen-bond donors (Lipinski definition) is 0. The highest BCUT2D eigenvalue weighted by molar-refractivity contribution is 5.93. The number of pyridine rings is 1. The number of methoxy groups -OCH3 is 1. The molecule has 0 saturated carbocycles. The van der Waals surface area contributed by atoms with Crippen molar-refractivity contribution in [1.29, 1.82) is 0 Å². The lowest BCUT2D eigenvalue weighted by molar-refractivity contribution is 0.0595. The standard InChI is InChI=1S/C15H10FNO3/c1-19-15(18)10-3-2-9(8-12(10)16)14-11-5-7-20-13(11)4-6-17-14/h2-8H,1H3. The van der Waals surface area contributed by atoms with Crippen molar-refractivity contribution in [3.63, 3.8) is 0 Å². The van der Waals surface area contributed by atoms with Gasteiger partial charge in [-0.1, -0.05) is 6.07 Å². The van der Waals surface area contributed by atoms with Crippen LogP contribution in [0.1, 0.15) is 10.4 Å². The number of hydrogen-bond acceptors (Lipinski definition) is 4. The average molecular weight is 271 g/mol. The second kappa shape index (κ2) is 4.77. The summed E-state index contributed by atoms with van der Waals surface area (Å²) in [6, 6.07) is 7.78. The molecule has 20 heavy (non-hydrogen) atoms. The van der Waals surface area contributed by atoms with Crippen molar-refractivity contribution in [2.75, 3.05) is 7.11 Å². The zero-order valence-corrected chi connectivity index (χ0v) is 10.6. The normalized spacial score (nSPS) is 10.7. The Morgan fingerprint density at radius 1 is 1.30 bits per heavy atom. The fourth-order valence-corrected chi connectivity index (χ4v) is 2.06. The van der Waals surface area contributed by atoms with Crippen LogP contribution in [0.4, 0.5) is 4.39 Å². The van der Waals surface area contributed by atoms with Crippen LogP contribution in [0.3, 0.4) is 0 Å². The highest BCUT2D eigenvalue weighted by atomic mass is 19.1. The van der Waals surface area contributed by atoms with Crippen molar-refractivity contribution in [2.45, 2.75) is 0 Å². The van der Waals surface area contributed by atoms with E-state index >= 15 is 0 Å². The molecule has 0 aliphatic carbocycles. The van der Waals surface area contributed by atoms with Gasteiger partial charge in [0.1, 0.15) is 11.4 Å². The van der Waals surface area contributed by atoms with Gasteiger partial charge in [0, 0.05) is 17.1 Å². The molecule has 3 rings (SSSR count). The van der Waals surface area contributed by atoms with E-state index in [1.165, 1.54) is 19.2 Å². The highest BCUT2D eigenvalue weighted by Crippen LogP contribution is 2.28. The van der Waals surface area contributed by atoms with Crippen LogP contribution in [0.2, 0.25) is 0 Å². The number of ether oxygens (including phenoxy) is 1. The zero-order valence-electron chi connectivity index (χ0n) is 10.6. The predicted molar refractivity (Wildman–Crippen MR) is 70.7 cm³/mol. The van der Waals surface area contributed by atoms with Gasteiger partial charge < -0.3 is 9.15 Å². The molecular weight excluding hydrogens is 261 g/mol. The first-order chi connectivity index (χ1) is 9.70. The third-order valence-corrected chi connectivity index (χ3v) is 3.03. The number of rotatable bonds is 2. The summed E-state index contributed by atoms with van der Waals surface area (Å²) < 4.78 is 23.7. The summed E-state index contributed by atoms with van der Waals surface area (Å²) in [4.78, 5) is 15.6. The lowest BCUT2D eigenvalue weighted by atomic mass is 10.1. The van der Waals surface area contributed by atoms with Crippen molar-refractivity contribution in [3.8, 4) is 11.3 Å². The number of halogens is 1. The minimum Gasteiger partial charge on any atom is -0.465 e. The summed E-state index contributed by atoms with van der Waals surface area (Å²) >= 11 is 0. The number of carbonyl (C=O) groups is 1. The molecule has 4 nitrogen and oxygen atoms in total. The Bertz CT molecular complexity index is 795. The van der Waals surface area contributed by atoms with E-state index in [9.17, 15) is 9.18 Å². The summed E-state index contributed by atoms with van der Waals surface area (Å²) in [5.41, 5.74) is 1.75. The fourth-order valence-electron chi connectivity index (χ4n) is 2.06. The number of carbonyl (C=O) groups excluding carboxylic acids is 1. The van der Waals surface area contributed by atoms with Crippen LogP contribution >= 0.6 is 0 Å². The molecule has 0 fully saturated rings. The van der Waals surface area contributed by atoms with Gasteiger partial charge in [-0.25, -0.2) is 9.18 Å². The van der Waals surface area contributed by atoms with Gasteiger partial charge >= 0.3 is 5.97 Å². The van der Waals surface area contributed by atoms with Gasteiger partial charge in [0.15, 0.2) is 0 Å². The first kappa shape index (κ1) is 12.3. The second-order valence-corrected chi connectivity index (χ2v) is 4.18. The van der Waals surface area contributed by atoms with Crippen molar-refractivity contribution in [1.82, 2.24) is 4.98 Å². The van der Waals surface area contributed by atoms with Gasteiger partial charge in [-0.3, -0.25) is 4.98 Å². The number of aromatic nitrogens is 1. The molecule has 1 aromatic carbocycles. The SMILES string of the molecule is COC(=O)c1ccc(-c2nccc3occc23)cc1F. The topological polar surface area (TPSA) is 52.3 Å². The minimum atomic E-state index is -0.705. The molecule has 2 aromatic heterocycles. The van der Waals surface area contributed by atoms with E-state index in [1.54, 1.807) is 30.7 Å². The largest absolute Gasteiger partial charge is 0.465 e. The van der Waals surface area contributed by atoms with Gasteiger partial charge in [0.25, 0.3) is 0 Å². The van der Waals surface area contributed by atoms with Gasteiger partial charge in [-0.15, -0.1) is 0 Å². The van der Waals surface area contributed by atoms with Crippen LogP contribution < -0.4 is 0 Å². The Labute approximate surface area is 113 Å². The number of esters is 1. The van der Waals surface area contributed by atoms with E-state index in [1.807, 2.05) is 0 Å². The summed E-state index contributed by atoms with van der Waals surface area (Å²) in [6.07, 6.45) is 3.14. The summed E-state index contributed by atoms with van der Waals surface area (Å²) in [6.45, 7) is 0. The number of fused-ring (bicyclic) bond motifs is 1. The van der Waals surface area contributed by atoms with Crippen molar-refractivity contribution < 1.29 is 18.3 Å². The van der Waals surface area contributed by atoms with E-state index < -0.39 is 11.8 Å². The molecule has 0 N–H and O–H groups in total. The molecule has 0 radical (unpaired) electrons. The molecule has 0 aliphatic rings. The second-order valence-electron chi connectivity index (χ2n) is 4.18. The van der Waals surface area contributed by atoms with Crippen LogP contribution in [0.25, 0.3) is 22.2 Å². The molecule has 0 atom stereocenters. The molecule has 2 heterocycles. The number of nitrogens with zero attached hydrogens (tertiary/aromatic N) is 1. The molecule has 0 amide bonds. The Morgan fingerprint density at radius 3 is 2.90 bits per heavy atom. The molecule has 0 unspecified atom stereocenters. The van der Waals surface area contributed by atoms with Crippen LogP contribution in [0.5, 0.6) is 0 Å². The minimum absolute atomic E-state index is 0.101. The molecular formula is C15H10FNO3. The lowest BCUT2D eigenvalue weighted by Crippen LogP contribution is -2.04. The van der Waals surface area contributed by atoms with Crippen molar-refractivity contribution >= 4 is 16.9 Å². The van der Waals surface area contributed by atoms with Crippen LogP contribution in [-0.4, -0.2) is 18.1 Å². The Kier molecular flexibility index (Phi) is 2.95. The first-order valence-electron chi connectivity index (χ1n) is 5.91. The maximum absolute atomic E-state index is 13.9. The Hall–Kier alpha value is -2.69. The molecule has 3 aromatic rings. The number of furan rings is 1. The third-order valence-electron chi connectivity index (χ3n) is 3.03. The van der Waals surface area contributed by atoms with E-state index in [0.717, 1.165) is 5.39 Å². The molecule has 0 spiro atoms. The maximum atomic E-state index is 13.9. The van der Waals surface area contributed by atoms with Gasteiger partial charge in [-0.05, 0) is 24.3 Å². The predicted octanol–water partition coefficient (Wildman–Crippen LogP) is 3.42. The highest BCUT2D eigenvalue weighted by Gasteiger charge is 2.14. The van der Waals surface area contributed by atoms with Crippen molar-refractivity contribution in [3.05, 3.63) is 54.2 Å². The molecule has 5 heteroatoms.